The normalized spacial score (nSPS) is 13.2. The van der Waals surface area contributed by atoms with Crippen LogP contribution in [-0.2, 0) is 16.6 Å². The standard InChI is InChI=1S/C9H12F3NO3S2/c1-13(3-2-9(10,11)12)18(15,16)8-4-7(5-14)17-6-8/h4,6,14H,2-3,5H2,1H3. The highest BCUT2D eigenvalue weighted by atomic mass is 32.2. The third-order valence-corrected chi connectivity index (χ3v) is 5.11. The maximum atomic E-state index is 12.0. The Morgan fingerprint density at radius 1 is 1.44 bits per heavy atom. The van der Waals surface area contributed by atoms with Crippen LogP contribution in [0.25, 0.3) is 0 Å². The van der Waals surface area contributed by atoms with E-state index in [1.165, 1.54) is 11.4 Å². The Kier molecular flexibility index (Phi) is 4.76. The molecule has 0 aromatic carbocycles. The van der Waals surface area contributed by atoms with Gasteiger partial charge in [-0.3, -0.25) is 0 Å². The number of nitrogens with zero attached hydrogens (tertiary/aromatic N) is 1. The van der Waals surface area contributed by atoms with Crippen LogP contribution in [-0.4, -0.2) is 37.6 Å². The number of alkyl halides is 3. The summed E-state index contributed by atoms with van der Waals surface area (Å²) in [6.07, 6.45) is -5.59. The quantitative estimate of drug-likeness (QED) is 0.902. The highest BCUT2D eigenvalue weighted by Gasteiger charge is 2.30. The van der Waals surface area contributed by atoms with Gasteiger partial charge in [0.25, 0.3) is 0 Å². The lowest BCUT2D eigenvalue weighted by atomic mass is 10.4. The molecular weight excluding hydrogens is 291 g/mol. The topological polar surface area (TPSA) is 57.6 Å². The molecule has 0 saturated carbocycles. The number of sulfonamides is 1. The summed E-state index contributed by atoms with van der Waals surface area (Å²) in [4.78, 5) is 0.346. The van der Waals surface area contributed by atoms with E-state index in [0.29, 0.717) is 9.18 Å². The van der Waals surface area contributed by atoms with E-state index >= 15 is 0 Å². The van der Waals surface area contributed by atoms with Crippen LogP contribution in [0.5, 0.6) is 0 Å². The average Bonchev–Trinajstić information content (AvgIpc) is 2.73. The lowest BCUT2D eigenvalue weighted by Crippen LogP contribution is -2.30. The number of hydrogen-bond donors (Lipinski definition) is 1. The fraction of sp³-hybridized carbons (Fsp3) is 0.556. The molecule has 1 rings (SSSR count). The monoisotopic (exact) mass is 303 g/mol. The van der Waals surface area contributed by atoms with Gasteiger partial charge >= 0.3 is 6.18 Å². The smallest absolute Gasteiger partial charge is 0.390 e. The minimum atomic E-state index is -4.39. The molecule has 1 heterocycles. The maximum absolute atomic E-state index is 12.0. The maximum Gasteiger partial charge on any atom is 0.390 e. The third-order valence-electron chi connectivity index (χ3n) is 2.20. The molecule has 0 radical (unpaired) electrons. The largest absolute Gasteiger partial charge is 0.391 e. The van der Waals surface area contributed by atoms with Gasteiger partial charge in [-0.15, -0.1) is 11.3 Å². The van der Waals surface area contributed by atoms with Crippen molar-refractivity contribution in [3.63, 3.8) is 0 Å². The van der Waals surface area contributed by atoms with Crippen LogP contribution in [0.15, 0.2) is 16.3 Å². The Bertz CT molecular complexity index is 495. The van der Waals surface area contributed by atoms with Gasteiger partial charge in [-0.05, 0) is 6.07 Å². The van der Waals surface area contributed by atoms with Crippen LogP contribution in [0, 0.1) is 0 Å². The Hall–Kier alpha value is -0.640. The lowest BCUT2D eigenvalue weighted by Gasteiger charge is -2.17. The van der Waals surface area contributed by atoms with Gasteiger partial charge in [0.2, 0.25) is 10.0 Å². The molecule has 0 aliphatic carbocycles. The first-order valence-corrected chi connectivity index (χ1v) is 7.20. The van der Waals surface area contributed by atoms with E-state index in [9.17, 15) is 21.6 Å². The molecule has 4 nitrogen and oxygen atoms in total. The Balaban J connectivity index is 2.80. The molecule has 18 heavy (non-hydrogen) atoms. The Morgan fingerprint density at radius 3 is 2.50 bits per heavy atom. The summed E-state index contributed by atoms with van der Waals surface area (Å²) >= 11 is 1.04. The van der Waals surface area contributed by atoms with Gasteiger partial charge in [0.05, 0.1) is 17.9 Å². The van der Waals surface area contributed by atoms with Gasteiger partial charge < -0.3 is 5.11 Å². The lowest BCUT2D eigenvalue weighted by molar-refractivity contribution is -0.135. The first-order valence-electron chi connectivity index (χ1n) is 4.88. The fourth-order valence-corrected chi connectivity index (χ4v) is 3.46. The van der Waals surface area contributed by atoms with Crippen molar-refractivity contribution in [3.8, 4) is 0 Å². The van der Waals surface area contributed by atoms with E-state index in [4.69, 9.17) is 5.11 Å². The second-order valence-corrected chi connectivity index (χ2v) is 6.64. The van der Waals surface area contributed by atoms with Crippen LogP contribution in [0.3, 0.4) is 0 Å². The second-order valence-electron chi connectivity index (χ2n) is 3.60. The summed E-state index contributed by atoms with van der Waals surface area (Å²) in [5, 5.41) is 10.1. The number of halogens is 3. The minimum absolute atomic E-state index is 0.0961. The van der Waals surface area contributed by atoms with Gasteiger partial charge in [0.15, 0.2) is 0 Å². The number of aliphatic hydroxyl groups excluding tert-OH is 1. The molecular formula is C9H12F3NO3S2. The van der Waals surface area contributed by atoms with Gasteiger partial charge in [-0.1, -0.05) is 0 Å². The molecule has 1 N–H and O–H groups in total. The van der Waals surface area contributed by atoms with Gasteiger partial charge in [-0.2, -0.15) is 13.2 Å². The second kappa shape index (κ2) is 5.55. The number of thiophene rings is 1. The van der Waals surface area contributed by atoms with Crippen molar-refractivity contribution in [1.82, 2.24) is 4.31 Å². The average molecular weight is 303 g/mol. The van der Waals surface area contributed by atoms with Crippen molar-refractivity contribution in [1.29, 1.82) is 0 Å². The van der Waals surface area contributed by atoms with Crippen molar-refractivity contribution < 1.29 is 26.7 Å². The van der Waals surface area contributed by atoms with Crippen molar-refractivity contribution in [2.24, 2.45) is 0 Å². The van der Waals surface area contributed by atoms with E-state index in [1.54, 1.807) is 0 Å². The summed E-state index contributed by atoms with van der Waals surface area (Å²) in [5.74, 6) is 0. The molecule has 0 saturated heterocycles. The molecule has 0 aliphatic rings. The predicted octanol–water partition coefficient (Wildman–Crippen LogP) is 1.81. The van der Waals surface area contributed by atoms with Crippen molar-refractivity contribution in [3.05, 3.63) is 16.3 Å². The molecule has 0 atom stereocenters. The molecule has 0 aliphatic heterocycles. The van der Waals surface area contributed by atoms with Crippen molar-refractivity contribution >= 4 is 21.4 Å². The molecule has 0 unspecified atom stereocenters. The molecule has 0 fully saturated rings. The fourth-order valence-electron chi connectivity index (χ4n) is 1.16. The van der Waals surface area contributed by atoms with Crippen LogP contribution in [0.1, 0.15) is 11.3 Å². The first-order chi connectivity index (χ1) is 8.16. The molecule has 1 aromatic heterocycles. The van der Waals surface area contributed by atoms with Gasteiger partial charge in [0, 0.05) is 23.8 Å². The van der Waals surface area contributed by atoms with E-state index in [0.717, 1.165) is 18.4 Å². The summed E-state index contributed by atoms with van der Waals surface area (Å²) in [7, 11) is -2.82. The molecule has 0 spiro atoms. The van der Waals surface area contributed by atoms with Gasteiger partial charge in [-0.25, -0.2) is 12.7 Å². The van der Waals surface area contributed by atoms with Crippen LogP contribution >= 0.6 is 11.3 Å². The van der Waals surface area contributed by atoms with Crippen LogP contribution in [0.2, 0.25) is 0 Å². The zero-order chi connectivity index (χ0) is 14.0. The van der Waals surface area contributed by atoms with Crippen molar-refractivity contribution in [2.45, 2.75) is 24.1 Å². The SMILES string of the molecule is CN(CCC(F)(F)F)S(=O)(=O)c1csc(CO)c1. The Morgan fingerprint density at radius 2 is 2.06 bits per heavy atom. The van der Waals surface area contributed by atoms with E-state index in [1.807, 2.05) is 0 Å². The van der Waals surface area contributed by atoms with Crippen LogP contribution < -0.4 is 0 Å². The van der Waals surface area contributed by atoms with E-state index in [-0.39, 0.29) is 11.5 Å². The van der Waals surface area contributed by atoms with E-state index in [2.05, 4.69) is 0 Å². The number of hydrogen-bond acceptors (Lipinski definition) is 4. The van der Waals surface area contributed by atoms with Gasteiger partial charge in [0.1, 0.15) is 0 Å². The summed E-state index contributed by atoms with van der Waals surface area (Å²) in [6.45, 7) is -0.928. The summed E-state index contributed by atoms with van der Waals surface area (Å²) in [5.41, 5.74) is 0. The molecule has 9 heteroatoms. The van der Waals surface area contributed by atoms with E-state index < -0.39 is 29.2 Å². The molecule has 0 amide bonds. The zero-order valence-corrected chi connectivity index (χ0v) is 11.1. The summed E-state index contributed by atoms with van der Waals surface area (Å²) < 4.78 is 60.4. The number of aliphatic hydroxyl groups is 1. The molecule has 1 aromatic rings. The first kappa shape index (κ1) is 15.4. The Labute approximate surface area is 107 Å². The molecule has 104 valence electrons. The third kappa shape index (κ3) is 3.94. The highest BCUT2D eigenvalue weighted by molar-refractivity contribution is 7.89. The number of rotatable bonds is 5. The minimum Gasteiger partial charge on any atom is -0.391 e. The van der Waals surface area contributed by atoms with Crippen LogP contribution in [0.4, 0.5) is 13.2 Å². The van der Waals surface area contributed by atoms with Crippen molar-refractivity contribution in [2.75, 3.05) is 13.6 Å². The summed E-state index contributed by atoms with van der Waals surface area (Å²) in [6, 6.07) is 1.25. The zero-order valence-electron chi connectivity index (χ0n) is 9.44. The predicted molar refractivity (Wildman–Crippen MR) is 60.7 cm³/mol. The molecule has 0 bridgehead atoms. The highest BCUT2D eigenvalue weighted by Crippen LogP contribution is 2.24.